The van der Waals surface area contributed by atoms with Crippen LogP contribution in [0.1, 0.15) is 30.7 Å². The number of benzene rings is 2. The molecule has 0 amide bonds. The number of pyridine rings is 1. The lowest BCUT2D eigenvalue weighted by atomic mass is 9.74. The molecule has 0 unspecified atom stereocenters. The number of H-pyrrole nitrogens is 1. The van der Waals surface area contributed by atoms with E-state index in [1.54, 1.807) is 24.9 Å². The Kier molecular flexibility index (Phi) is 6.15. The number of hydrogen-bond donors (Lipinski definition) is 1. The summed E-state index contributed by atoms with van der Waals surface area (Å²) in [7, 11) is 7.69. The summed E-state index contributed by atoms with van der Waals surface area (Å²) < 4.78 is 13.1. The van der Waals surface area contributed by atoms with Crippen LogP contribution in [0.4, 0.5) is 0 Å². The Hall–Kier alpha value is -3.16. The highest BCUT2D eigenvalue weighted by atomic mass is 16.5. The van der Waals surface area contributed by atoms with Crippen LogP contribution in [0.5, 0.6) is 5.75 Å². The molecule has 0 saturated heterocycles. The summed E-state index contributed by atoms with van der Waals surface area (Å²) in [5.74, 6) is 1.31. The highest BCUT2D eigenvalue weighted by molar-refractivity contribution is 6.04. The number of fused-ring (bicyclic) bond motifs is 3. The minimum Gasteiger partial charge on any atom is -0.494 e. The van der Waals surface area contributed by atoms with Crippen LogP contribution in [0, 0.1) is 0 Å². The van der Waals surface area contributed by atoms with E-state index >= 15 is 0 Å². The number of methoxy groups -OCH3 is 1. The molecule has 1 N–H and O–H groups in total. The average molecular weight is 461 g/mol. The van der Waals surface area contributed by atoms with Crippen molar-refractivity contribution in [3.63, 3.8) is 0 Å². The monoisotopic (exact) mass is 460 g/mol. The molecule has 2 aromatic heterocycles. The second-order valence-corrected chi connectivity index (χ2v) is 9.52. The maximum Gasteiger partial charge on any atom is 0.326 e. The van der Waals surface area contributed by atoms with Gasteiger partial charge < -0.3 is 19.4 Å². The normalized spacial score (nSPS) is 18.0. The van der Waals surface area contributed by atoms with E-state index in [1.165, 1.54) is 11.1 Å². The number of hydrogen-bond acceptors (Lipinski definition) is 5. The number of nitrogens with one attached hydrogen (secondary N) is 1. The third-order valence-electron chi connectivity index (χ3n) is 6.97. The van der Waals surface area contributed by atoms with Gasteiger partial charge in [0.05, 0.1) is 35.5 Å². The van der Waals surface area contributed by atoms with Gasteiger partial charge in [0.15, 0.2) is 0 Å². The summed E-state index contributed by atoms with van der Waals surface area (Å²) in [5, 5.41) is 0.959. The molecule has 1 saturated carbocycles. The first-order valence-electron chi connectivity index (χ1n) is 11.9. The molecule has 0 bridgehead atoms. The van der Waals surface area contributed by atoms with Crippen molar-refractivity contribution < 1.29 is 9.47 Å². The van der Waals surface area contributed by atoms with Crippen molar-refractivity contribution in [2.24, 2.45) is 7.05 Å². The van der Waals surface area contributed by atoms with Gasteiger partial charge in [-0.3, -0.25) is 9.55 Å². The van der Waals surface area contributed by atoms with Gasteiger partial charge in [0.1, 0.15) is 5.75 Å². The minimum atomic E-state index is -0.132. The van der Waals surface area contributed by atoms with Crippen LogP contribution in [0.15, 0.2) is 47.4 Å². The van der Waals surface area contributed by atoms with Gasteiger partial charge in [-0.25, -0.2) is 4.79 Å². The van der Waals surface area contributed by atoms with Crippen molar-refractivity contribution in [3.05, 3.63) is 58.6 Å². The molecule has 2 heterocycles. The molecule has 5 rings (SSSR count). The molecule has 0 atom stereocenters. The number of nitrogens with zero attached hydrogens (tertiary/aromatic N) is 3. The van der Waals surface area contributed by atoms with Crippen molar-refractivity contribution >= 4 is 21.9 Å². The number of rotatable bonds is 8. The first-order valence-corrected chi connectivity index (χ1v) is 11.9. The van der Waals surface area contributed by atoms with E-state index in [2.05, 4.69) is 48.2 Å². The number of aromatic amines is 1. The van der Waals surface area contributed by atoms with Gasteiger partial charge in [0.25, 0.3) is 0 Å². The zero-order valence-corrected chi connectivity index (χ0v) is 20.3. The highest BCUT2D eigenvalue weighted by Crippen LogP contribution is 2.44. The first-order chi connectivity index (χ1) is 16.4. The third kappa shape index (κ3) is 4.21. The molecular formula is C27H32N4O3. The van der Waals surface area contributed by atoms with Gasteiger partial charge in [-0.05, 0) is 80.2 Å². The second-order valence-electron chi connectivity index (χ2n) is 9.52. The van der Waals surface area contributed by atoms with E-state index in [9.17, 15) is 4.79 Å². The molecule has 0 radical (unpaired) electrons. The first kappa shape index (κ1) is 22.6. The van der Waals surface area contributed by atoms with E-state index in [0.717, 1.165) is 59.1 Å². The van der Waals surface area contributed by atoms with Gasteiger partial charge in [-0.1, -0.05) is 12.1 Å². The van der Waals surface area contributed by atoms with Crippen molar-refractivity contribution in [1.82, 2.24) is 19.4 Å². The summed E-state index contributed by atoms with van der Waals surface area (Å²) >= 11 is 0. The smallest absolute Gasteiger partial charge is 0.326 e. The lowest BCUT2D eigenvalue weighted by Crippen LogP contribution is -2.28. The molecule has 0 aliphatic heterocycles. The van der Waals surface area contributed by atoms with Gasteiger partial charge in [0, 0.05) is 26.1 Å². The maximum atomic E-state index is 12.3. The molecule has 2 aromatic carbocycles. The van der Waals surface area contributed by atoms with Crippen LogP contribution in [0.2, 0.25) is 0 Å². The van der Waals surface area contributed by atoms with E-state index in [0.29, 0.717) is 18.6 Å². The summed E-state index contributed by atoms with van der Waals surface area (Å²) in [6.45, 7) is 1.71. The lowest BCUT2D eigenvalue weighted by Gasteiger charge is -2.35. The molecule has 1 fully saturated rings. The second kappa shape index (κ2) is 9.24. The molecule has 0 spiro atoms. The minimum absolute atomic E-state index is 0.132. The molecule has 4 aromatic rings. The van der Waals surface area contributed by atoms with Crippen molar-refractivity contribution in [2.45, 2.75) is 31.3 Å². The van der Waals surface area contributed by atoms with Gasteiger partial charge in [-0.15, -0.1) is 0 Å². The quantitative estimate of drug-likeness (QED) is 0.397. The Morgan fingerprint density at radius 2 is 1.94 bits per heavy atom. The molecule has 7 nitrogen and oxygen atoms in total. The largest absolute Gasteiger partial charge is 0.494 e. The zero-order valence-electron chi connectivity index (χ0n) is 20.3. The van der Waals surface area contributed by atoms with E-state index < -0.39 is 0 Å². The molecule has 178 valence electrons. The van der Waals surface area contributed by atoms with Crippen LogP contribution >= 0.6 is 0 Å². The maximum absolute atomic E-state index is 12.3. The predicted molar refractivity (Wildman–Crippen MR) is 136 cm³/mol. The van der Waals surface area contributed by atoms with Crippen LogP contribution in [0.3, 0.4) is 0 Å². The van der Waals surface area contributed by atoms with Crippen LogP contribution in [-0.4, -0.2) is 59.9 Å². The lowest BCUT2D eigenvalue weighted by molar-refractivity contribution is 0.0259. The molecule has 1 aliphatic carbocycles. The Morgan fingerprint density at radius 3 is 2.65 bits per heavy atom. The summed E-state index contributed by atoms with van der Waals surface area (Å²) in [4.78, 5) is 22.1. The standard InChI is InChI=1S/C27H32N4O3/c1-30(2)10-5-11-34-19-8-6-17(7-9-19)21-14-23-24(15-22(21)18-12-20(13-18)33-4)28-16-25-26(23)29-27(32)31(25)3/h6-9,14-16,18,20H,5,10-13H2,1-4H3,(H,29,32). The van der Waals surface area contributed by atoms with E-state index in [1.807, 2.05) is 12.1 Å². The van der Waals surface area contributed by atoms with Crippen molar-refractivity contribution in [2.75, 3.05) is 34.4 Å². The van der Waals surface area contributed by atoms with Crippen LogP contribution in [-0.2, 0) is 11.8 Å². The highest BCUT2D eigenvalue weighted by Gasteiger charge is 2.32. The van der Waals surface area contributed by atoms with Gasteiger partial charge >= 0.3 is 5.69 Å². The molecule has 1 aliphatic rings. The van der Waals surface area contributed by atoms with Crippen LogP contribution < -0.4 is 10.4 Å². The fourth-order valence-corrected chi connectivity index (χ4v) is 4.83. The fraction of sp³-hybridized carbons (Fsp3) is 0.407. The van der Waals surface area contributed by atoms with Crippen LogP contribution in [0.25, 0.3) is 33.1 Å². The zero-order chi connectivity index (χ0) is 23.8. The summed E-state index contributed by atoms with van der Waals surface area (Å²) in [5.41, 5.74) is 5.99. The number of imidazole rings is 1. The molecule has 34 heavy (non-hydrogen) atoms. The number of ether oxygens (including phenoxy) is 2. The molecular weight excluding hydrogens is 428 g/mol. The van der Waals surface area contributed by atoms with E-state index in [4.69, 9.17) is 14.5 Å². The Bertz CT molecular complexity index is 1360. The summed E-state index contributed by atoms with van der Waals surface area (Å²) in [6, 6.07) is 12.7. The molecule has 7 heteroatoms. The topological polar surface area (TPSA) is 72.4 Å². The Labute approximate surface area is 199 Å². The van der Waals surface area contributed by atoms with Crippen molar-refractivity contribution in [1.29, 1.82) is 0 Å². The average Bonchev–Trinajstić information content (AvgIpc) is 3.10. The number of aryl methyl sites for hydroxylation is 1. The van der Waals surface area contributed by atoms with Crippen molar-refractivity contribution in [3.8, 4) is 16.9 Å². The van der Waals surface area contributed by atoms with Gasteiger partial charge in [-0.2, -0.15) is 0 Å². The SMILES string of the molecule is COC1CC(c2cc3ncc4c([nH]c(=O)n4C)c3cc2-c2ccc(OCCCN(C)C)cc2)C1. The van der Waals surface area contributed by atoms with Gasteiger partial charge in [0.2, 0.25) is 0 Å². The fourth-order valence-electron chi connectivity index (χ4n) is 4.83. The Balaban J connectivity index is 1.53. The summed E-state index contributed by atoms with van der Waals surface area (Å²) in [6.07, 6.45) is 5.09. The predicted octanol–water partition coefficient (Wildman–Crippen LogP) is 4.30. The third-order valence-corrected chi connectivity index (χ3v) is 6.97. The Morgan fingerprint density at radius 1 is 1.18 bits per heavy atom. The number of aromatic nitrogens is 3. The van der Waals surface area contributed by atoms with E-state index in [-0.39, 0.29) is 5.69 Å².